The summed E-state index contributed by atoms with van der Waals surface area (Å²) in [6.07, 6.45) is 6.51. The smallest absolute Gasteiger partial charge is 0.308 e. The van der Waals surface area contributed by atoms with E-state index in [0.717, 1.165) is 51.7 Å². The predicted octanol–water partition coefficient (Wildman–Crippen LogP) is 1.91. The summed E-state index contributed by atoms with van der Waals surface area (Å²) in [6.45, 7) is 1.60. The Morgan fingerprint density at radius 1 is 1.12 bits per heavy atom. The van der Waals surface area contributed by atoms with Crippen molar-refractivity contribution in [2.75, 3.05) is 20.3 Å². The molecule has 1 aliphatic heterocycles. The second-order valence-corrected chi connectivity index (χ2v) is 4.97. The molecule has 2 fully saturated rings. The lowest BCUT2D eigenvalue weighted by Gasteiger charge is -2.31. The third-order valence-corrected chi connectivity index (χ3v) is 3.71. The van der Waals surface area contributed by atoms with Crippen LogP contribution in [0.1, 0.15) is 38.5 Å². The van der Waals surface area contributed by atoms with E-state index in [2.05, 4.69) is 0 Å². The maximum absolute atomic E-state index is 11.4. The first kappa shape index (κ1) is 12.8. The van der Waals surface area contributed by atoms with E-state index >= 15 is 0 Å². The van der Waals surface area contributed by atoms with Gasteiger partial charge < -0.3 is 14.2 Å². The number of carbonyl (C=O) groups is 1. The fourth-order valence-corrected chi connectivity index (χ4v) is 2.69. The van der Waals surface area contributed by atoms with E-state index in [0.29, 0.717) is 6.10 Å². The van der Waals surface area contributed by atoms with Gasteiger partial charge in [-0.3, -0.25) is 4.79 Å². The maximum atomic E-state index is 11.4. The molecule has 1 heterocycles. The third-order valence-electron chi connectivity index (χ3n) is 3.71. The monoisotopic (exact) mass is 242 g/mol. The van der Waals surface area contributed by atoms with Gasteiger partial charge in [0.2, 0.25) is 0 Å². The van der Waals surface area contributed by atoms with Crippen LogP contribution in [0, 0.1) is 5.92 Å². The lowest BCUT2D eigenvalue weighted by atomic mass is 9.87. The van der Waals surface area contributed by atoms with Crippen molar-refractivity contribution in [3.8, 4) is 0 Å². The Morgan fingerprint density at radius 3 is 2.47 bits per heavy atom. The number of esters is 1. The molecule has 0 amide bonds. The van der Waals surface area contributed by atoms with Crippen LogP contribution in [0.15, 0.2) is 0 Å². The summed E-state index contributed by atoms with van der Waals surface area (Å²) in [7, 11) is 1.46. The van der Waals surface area contributed by atoms with Gasteiger partial charge in [0, 0.05) is 6.61 Å². The number of methoxy groups -OCH3 is 1. The molecular formula is C13H22O4. The highest BCUT2D eigenvalue weighted by Crippen LogP contribution is 2.28. The van der Waals surface area contributed by atoms with Crippen molar-refractivity contribution in [3.05, 3.63) is 0 Å². The van der Waals surface area contributed by atoms with Crippen molar-refractivity contribution in [2.45, 2.75) is 50.7 Å². The summed E-state index contributed by atoms with van der Waals surface area (Å²) in [5.74, 6) is 0.0203. The molecule has 1 saturated carbocycles. The topological polar surface area (TPSA) is 44.8 Å². The van der Waals surface area contributed by atoms with E-state index in [9.17, 15) is 4.79 Å². The second kappa shape index (κ2) is 6.36. The number of hydrogen-bond acceptors (Lipinski definition) is 4. The Bertz CT molecular complexity index is 240. The molecule has 0 bridgehead atoms. The third kappa shape index (κ3) is 3.68. The molecule has 0 spiro atoms. The molecule has 0 radical (unpaired) electrons. The van der Waals surface area contributed by atoms with E-state index in [4.69, 9.17) is 14.2 Å². The van der Waals surface area contributed by atoms with Gasteiger partial charge in [-0.25, -0.2) is 0 Å². The van der Waals surface area contributed by atoms with Crippen molar-refractivity contribution in [1.82, 2.24) is 0 Å². The van der Waals surface area contributed by atoms with E-state index in [-0.39, 0.29) is 18.0 Å². The van der Waals surface area contributed by atoms with Crippen molar-refractivity contribution in [3.63, 3.8) is 0 Å². The first-order valence-corrected chi connectivity index (χ1v) is 6.60. The molecule has 1 saturated heterocycles. The summed E-state index contributed by atoms with van der Waals surface area (Å²) in [5, 5.41) is 0. The molecule has 17 heavy (non-hydrogen) atoms. The van der Waals surface area contributed by atoms with Crippen LogP contribution in [-0.2, 0) is 19.0 Å². The van der Waals surface area contributed by atoms with E-state index in [1.54, 1.807) is 0 Å². The van der Waals surface area contributed by atoms with E-state index in [1.807, 2.05) is 0 Å². The molecule has 0 aromatic rings. The van der Waals surface area contributed by atoms with Crippen LogP contribution in [0.4, 0.5) is 0 Å². The van der Waals surface area contributed by atoms with E-state index in [1.165, 1.54) is 7.11 Å². The highest BCUT2D eigenvalue weighted by atomic mass is 16.5. The highest BCUT2D eigenvalue weighted by molar-refractivity contribution is 5.72. The van der Waals surface area contributed by atoms with Crippen LogP contribution < -0.4 is 0 Å². The van der Waals surface area contributed by atoms with Gasteiger partial charge in [-0.1, -0.05) is 0 Å². The normalized spacial score (nSPS) is 34.3. The summed E-state index contributed by atoms with van der Waals surface area (Å²) < 4.78 is 16.2. The van der Waals surface area contributed by atoms with Gasteiger partial charge in [0.15, 0.2) is 0 Å². The lowest BCUT2D eigenvalue weighted by Crippen LogP contribution is -2.33. The zero-order chi connectivity index (χ0) is 12.1. The maximum Gasteiger partial charge on any atom is 0.308 e. The average Bonchev–Trinajstić information content (AvgIpc) is 2.40. The number of carbonyl (C=O) groups excluding carboxylic acids is 1. The molecule has 4 heteroatoms. The lowest BCUT2D eigenvalue weighted by molar-refractivity contribution is -0.149. The molecule has 2 rings (SSSR count). The fourth-order valence-electron chi connectivity index (χ4n) is 2.69. The zero-order valence-electron chi connectivity index (χ0n) is 10.5. The summed E-state index contributed by atoms with van der Waals surface area (Å²) in [4.78, 5) is 11.4. The van der Waals surface area contributed by atoms with Crippen LogP contribution in [0.3, 0.4) is 0 Å². The van der Waals surface area contributed by atoms with Crippen molar-refractivity contribution in [2.24, 2.45) is 5.92 Å². The molecule has 1 aliphatic carbocycles. The standard InChI is InChI=1S/C13H22O4/c1-15-13(14)10-4-6-11(7-5-10)17-12-3-2-8-16-9-12/h10-12H,2-9H2,1H3. The Morgan fingerprint density at radius 2 is 1.88 bits per heavy atom. The zero-order valence-corrected chi connectivity index (χ0v) is 10.5. The Kier molecular flexibility index (Phi) is 4.80. The van der Waals surface area contributed by atoms with Crippen LogP contribution in [0.5, 0.6) is 0 Å². The molecule has 2 aliphatic rings. The Hall–Kier alpha value is -0.610. The number of rotatable bonds is 3. The van der Waals surface area contributed by atoms with Crippen molar-refractivity contribution >= 4 is 5.97 Å². The number of ether oxygens (including phenoxy) is 3. The number of hydrogen-bond donors (Lipinski definition) is 0. The molecule has 1 atom stereocenters. The van der Waals surface area contributed by atoms with Crippen molar-refractivity contribution < 1.29 is 19.0 Å². The molecule has 0 aromatic heterocycles. The summed E-state index contributed by atoms with van der Waals surface area (Å²) >= 11 is 0. The SMILES string of the molecule is COC(=O)C1CCC(OC2CCCOC2)CC1. The van der Waals surface area contributed by atoms with Gasteiger partial charge in [0.05, 0.1) is 31.8 Å². The molecule has 1 unspecified atom stereocenters. The summed E-state index contributed by atoms with van der Waals surface area (Å²) in [6, 6.07) is 0. The Balaban J connectivity index is 1.69. The van der Waals surface area contributed by atoms with Gasteiger partial charge in [-0.15, -0.1) is 0 Å². The second-order valence-electron chi connectivity index (χ2n) is 4.97. The fraction of sp³-hybridized carbons (Fsp3) is 0.923. The van der Waals surface area contributed by atoms with Gasteiger partial charge in [0.1, 0.15) is 0 Å². The van der Waals surface area contributed by atoms with Gasteiger partial charge in [-0.05, 0) is 38.5 Å². The quantitative estimate of drug-likeness (QED) is 0.709. The van der Waals surface area contributed by atoms with Crippen LogP contribution >= 0.6 is 0 Å². The van der Waals surface area contributed by atoms with Crippen LogP contribution in [0.25, 0.3) is 0 Å². The highest BCUT2D eigenvalue weighted by Gasteiger charge is 2.29. The van der Waals surface area contributed by atoms with Crippen LogP contribution in [-0.4, -0.2) is 38.5 Å². The van der Waals surface area contributed by atoms with Gasteiger partial charge in [-0.2, -0.15) is 0 Å². The Labute approximate surface area is 103 Å². The largest absolute Gasteiger partial charge is 0.469 e. The first-order valence-electron chi connectivity index (χ1n) is 6.60. The predicted molar refractivity (Wildman–Crippen MR) is 62.7 cm³/mol. The van der Waals surface area contributed by atoms with E-state index < -0.39 is 0 Å². The molecular weight excluding hydrogens is 220 g/mol. The molecule has 4 nitrogen and oxygen atoms in total. The minimum atomic E-state index is -0.0653. The average molecular weight is 242 g/mol. The molecule has 98 valence electrons. The summed E-state index contributed by atoms with van der Waals surface area (Å²) in [5.41, 5.74) is 0. The molecule has 0 N–H and O–H groups in total. The minimum absolute atomic E-state index is 0.0653. The van der Waals surface area contributed by atoms with Crippen LogP contribution in [0.2, 0.25) is 0 Å². The minimum Gasteiger partial charge on any atom is -0.469 e. The van der Waals surface area contributed by atoms with Gasteiger partial charge >= 0.3 is 5.97 Å². The molecule has 0 aromatic carbocycles. The van der Waals surface area contributed by atoms with Gasteiger partial charge in [0.25, 0.3) is 0 Å². The first-order chi connectivity index (χ1) is 8.29. The van der Waals surface area contributed by atoms with Crippen molar-refractivity contribution in [1.29, 1.82) is 0 Å².